The van der Waals surface area contributed by atoms with Crippen LogP contribution in [0.25, 0.3) is 0 Å². The number of hydrogen-bond donors (Lipinski definition) is 2. The first-order valence-corrected chi connectivity index (χ1v) is 11.1. The molecule has 0 spiro atoms. The van der Waals surface area contributed by atoms with Crippen molar-refractivity contribution >= 4 is 34.9 Å². The van der Waals surface area contributed by atoms with E-state index >= 15 is 0 Å². The quantitative estimate of drug-likeness (QED) is 0.487. The van der Waals surface area contributed by atoms with Gasteiger partial charge in [0.1, 0.15) is 0 Å². The Morgan fingerprint density at radius 1 is 0.966 bits per heavy atom. The molecule has 156 valence electrons. The standard InChI is InChI=1S/C24H30Cl2N2O/c1-15(2)17-8-5-9-18(16(3)4)22(17)28-23(29)27-14-24(12-7-13-24)21-19(25)10-6-11-20(21)26/h5-6,8-11,15-16H,7,12-14H2,1-4H3,(H2,27,28,29). The van der Waals surface area contributed by atoms with Crippen molar-refractivity contribution in [2.45, 2.75) is 64.2 Å². The van der Waals surface area contributed by atoms with E-state index in [1.54, 1.807) is 0 Å². The van der Waals surface area contributed by atoms with Crippen molar-refractivity contribution in [3.63, 3.8) is 0 Å². The van der Waals surface area contributed by atoms with Crippen LogP contribution in [0.15, 0.2) is 36.4 Å². The van der Waals surface area contributed by atoms with E-state index in [0.717, 1.165) is 41.6 Å². The molecule has 3 rings (SSSR count). The number of amides is 2. The molecule has 1 saturated carbocycles. The average molecular weight is 433 g/mol. The van der Waals surface area contributed by atoms with Gasteiger partial charge in [0.25, 0.3) is 0 Å². The van der Waals surface area contributed by atoms with Crippen LogP contribution in [0.3, 0.4) is 0 Å². The fourth-order valence-electron chi connectivity index (χ4n) is 4.23. The Hall–Kier alpha value is -1.71. The van der Waals surface area contributed by atoms with Crippen LogP contribution in [0.2, 0.25) is 10.0 Å². The van der Waals surface area contributed by atoms with Crippen LogP contribution >= 0.6 is 23.2 Å². The second-order valence-corrected chi connectivity index (χ2v) is 9.47. The Morgan fingerprint density at radius 2 is 1.48 bits per heavy atom. The van der Waals surface area contributed by atoms with Gasteiger partial charge in [-0.3, -0.25) is 0 Å². The first kappa shape index (κ1) is 22.0. The van der Waals surface area contributed by atoms with Crippen LogP contribution < -0.4 is 10.6 Å². The molecule has 0 saturated heterocycles. The molecule has 1 aliphatic carbocycles. The molecular formula is C24H30Cl2N2O. The predicted molar refractivity (Wildman–Crippen MR) is 124 cm³/mol. The number of hydrogen-bond acceptors (Lipinski definition) is 1. The van der Waals surface area contributed by atoms with Gasteiger partial charge in [0.05, 0.1) is 0 Å². The number of nitrogens with one attached hydrogen (secondary N) is 2. The summed E-state index contributed by atoms with van der Waals surface area (Å²) in [5, 5.41) is 7.56. The van der Waals surface area contributed by atoms with E-state index < -0.39 is 0 Å². The first-order chi connectivity index (χ1) is 13.7. The molecule has 5 heteroatoms. The molecule has 2 aromatic carbocycles. The second kappa shape index (κ2) is 8.97. The van der Waals surface area contributed by atoms with Crippen molar-refractivity contribution in [1.82, 2.24) is 5.32 Å². The summed E-state index contributed by atoms with van der Waals surface area (Å²) in [6.45, 7) is 9.09. The fraction of sp³-hybridized carbons (Fsp3) is 0.458. The largest absolute Gasteiger partial charge is 0.337 e. The minimum absolute atomic E-state index is 0.186. The number of anilines is 1. The maximum Gasteiger partial charge on any atom is 0.319 e. The topological polar surface area (TPSA) is 41.1 Å². The minimum Gasteiger partial charge on any atom is -0.337 e. The van der Waals surface area contributed by atoms with Gasteiger partial charge in [0.15, 0.2) is 0 Å². The molecule has 0 heterocycles. The maximum atomic E-state index is 12.9. The summed E-state index contributed by atoms with van der Waals surface area (Å²) in [4.78, 5) is 12.9. The highest BCUT2D eigenvalue weighted by molar-refractivity contribution is 6.36. The van der Waals surface area contributed by atoms with Crippen LogP contribution in [0.5, 0.6) is 0 Å². The number of urea groups is 1. The zero-order valence-electron chi connectivity index (χ0n) is 17.6. The Bertz CT molecular complexity index is 842. The third-order valence-corrected chi connectivity index (χ3v) is 6.63. The van der Waals surface area contributed by atoms with E-state index in [9.17, 15) is 4.79 Å². The van der Waals surface area contributed by atoms with Gasteiger partial charge in [-0.2, -0.15) is 0 Å². The molecule has 0 unspecified atom stereocenters. The van der Waals surface area contributed by atoms with Gasteiger partial charge in [-0.15, -0.1) is 0 Å². The van der Waals surface area contributed by atoms with Gasteiger partial charge in [0, 0.05) is 27.7 Å². The highest BCUT2D eigenvalue weighted by atomic mass is 35.5. The molecule has 1 aliphatic rings. The summed E-state index contributed by atoms with van der Waals surface area (Å²) < 4.78 is 0. The molecule has 0 atom stereocenters. The fourth-order valence-corrected chi connectivity index (χ4v) is 5.02. The molecular weight excluding hydrogens is 403 g/mol. The molecule has 29 heavy (non-hydrogen) atoms. The zero-order valence-corrected chi connectivity index (χ0v) is 19.1. The van der Waals surface area contributed by atoms with E-state index in [2.05, 4.69) is 56.5 Å². The lowest BCUT2D eigenvalue weighted by molar-refractivity contribution is 0.222. The number of halogens is 2. The predicted octanol–water partition coefficient (Wildman–Crippen LogP) is 7.48. The van der Waals surface area contributed by atoms with Crippen molar-refractivity contribution in [3.8, 4) is 0 Å². The van der Waals surface area contributed by atoms with Crippen LogP contribution in [0, 0.1) is 0 Å². The average Bonchev–Trinajstić information content (AvgIpc) is 2.62. The van der Waals surface area contributed by atoms with Gasteiger partial charge < -0.3 is 10.6 Å². The summed E-state index contributed by atoms with van der Waals surface area (Å²) in [7, 11) is 0. The van der Waals surface area contributed by atoms with E-state index in [1.807, 2.05) is 18.2 Å². The summed E-state index contributed by atoms with van der Waals surface area (Å²) in [6.07, 6.45) is 3.05. The zero-order chi connectivity index (χ0) is 21.2. The van der Waals surface area contributed by atoms with E-state index in [0.29, 0.717) is 28.4 Å². The molecule has 3 nitrogen and oxygen atoms in total. The SMILES string of the molecule is CC(C)c1cccc(C(C)C)c1NC(=O)NCC1(c2c(Cl)cccc2Cl)CCC1. The molecule has 2 N–H and O–H groups in total. The van der Waals surface area contributed by atoms with Crippen molar-refractivity contribution < 1.29 is 4.79 Å². The molecule has 1 fully saturated rings. The third-order valence-electron chi connectivity index (χ3n) is 6.00. The maximum absolute atomic E-state index is 12.9. The van der Waals surface area contributed by atoms with Gasteiger partial charge in [-0.25, -0.2) is 4.79 Å². The lowest BCUT2D eigenvalue weighted by Gasteiger charge is -2.43. The molecule has 0 radical (unpaired) electrons. The van der Waals surface area contributed by atoms with Crippen molar-refractivity contribution in [3.05, 3.63) is 63.1 Å². The number of carbonyl (C=O) groups is 1. The third kappa shape index (κ3) is 4.57. The summed E-state index contributed by atoms with van der Waals surface area (Å²) >= 11 is 12.9. The Morgan fingerprint density at radius 3 is 1.93 bits per heavy atom. The van der Waals surface area contributed by atoms with Gasteiger partial charge in [-0.1, -0.05) is 81.6 Å². The summed E-state index contributed by atoms with van der Waals surface area (Å²) in [5.74, 6) is 0.646. The number of benzene rings is 2. The van der Waals surface area contributed by atoms with Crippen LogP contribution in [0.4, 0.5) is 10.5 Å². The minimum atomic E-state index is -0.189. The van der Waals surface area contributed by atoms with E-state index in [1.165, 1.54) is 0 Å². The molecule has 0 aromatic heterocycles. The molecule has 0 aliphatic heterocycles. The second-order valence-electron chi connectivity index (χ2n) is 8.66. The van der Waals surface area contributed by atoms with E-state index in [-0.39, 0.29) is 11.4 Å². The monoisotopic (exact) mass is 432 g/mol. The van der Waals surface area contributed by atoms with Gasteiger partial charge in [0.2, 0.25) is 0 Å². The first-order valence-electron chi connectivity index (χ1n) is 10.4. The summed E-state index contributed by atoms with van der Waals surface area (Å²) in [6, 6.07) is 11.7. The van der Waals surface area contributed by atoms with Gasteiger partial charge in [-0.05, 0) is 53.5 Å². The van der Waals surface area contributed by atoms with Crippen molar-refractivity contribution in [1.29, 1.82) is 0 Å². The van der Waals surface area contributed by atoms with Crippen molar-refractivity contribution in [2.75, 3.05) is 11.9 Å². The van der Waals surface area contributed by atoms with Gasteiger partial charge >= 0.3 is 6.03 Å². The Kier molecular flexibility index (Phi) is 6.80. The van der Waals surface area contributed by atoms with Crippen LogP contribution in [-0.2, 0) is 5.41 Å². The Labute approximate surface area is 184 Å². The number of para-hydroxylation sites is 1. The number of carbonyl (C=O) groups excluding carboxylic acids is 1. The highest BCUT2D eigenvalue weighted by Gasteiger charge is 2.41. The summed E-state index contributed by atoms with van der Waals surface area (Å²) in [5.41, 5.74) is 4.00. The molecule has 2 amide bonds. The van der Waals surface area contributed by atoms with E-state index in [4.69, 9.17) is 23.2 Å². The normalized spacial score (nSPS) is 15.3. The molecule has 0 bridgehead atoms. The Balaban J connectivity index is 1.79. The van der Waals surface area contributed by atoms with Crippen LogP contribution in [-0.4, -0.2) is 12.6 Å². The van der Waals surface area contributed by atoms with Crippen LogP contribution in [0.1, 0.15) is 75.5 Å². The smallest absolute Gasteiger partial charge is 0.319 e. The van der Waals surface area contributed by atoms with Crippen molar-refractivity contribution in [2.24, 2.45) is 0 Å². The number of rotatable bonds is 6. The highest BCUT2D eigenvalue weighted by Crippen LogP contribution is 2.48. The lowest BCUT2D eigenvalue weighted by atomic mass is 9.64. The lowest BCUT2D eigenvalue weighted by Crippen LogP contribution is -2.47. The molecule has 2 aromatic rings.